The molecular weight excluding hydrogens is 286 g/mol. The minimum atomic E-state index is -0.639. The number of hydrogen-bond donors (Lipinski definition) is 1. The third kappa shape index (κ3) is 5.37. The highest BCUT2D eigenvalue weighted by molar-refractivity contribution is 5.79. The van der Waals surface area contributed by atoms with Gasteiger partial charge in [-0.3, -0.25) is 9.69 Å². The van der Waals surface area contributed by atoms with Crippen molar-refractivity contribution in [2.45, 2.75) is 57.5 Å². The number of rotatable bonds is 7. The second kappa shape index (κ2) is 8.69. The van der Waals surface area contributed by atoms with Crippen LogP contribution in [0.1, 0.15) is 51.0 Å². The lowest BCUT2D eigenvalue weighted by atomic mass is 9.83. The Labute approximate surface area is 139 Å². The fourth-order valence-corrected chi connectivity index (χ4v) is 3.30. The monoisotopic (exact) mass is 313 g/mol. The van der Waals surface area contributed by atoms with Crippen LogP contribution in [0.15, 0.2) is 30.3 Å². The molecule has 0 unspecified atom stereocenters. The van der Waals surface area contributed by atoms with Crippen molar-refractivity contribution in [2.24, 2.45) is 0 Å². The maximum absolute atomic E-state index is 12.4. The topological polar surface area (TPSA) is 56.1 Å². The van der Waals surface area contributed by atoms with Gasteiger partial charge in [-0.2, -0.15) is 5.26 Å². The summed E-state index contributed by atoms with van der Waals surface area (Å²) in [7, 11) is 0. The number of nitriles is 1. The first-order valence-corrected chi connectivity index (χ1v) is 8.66. The highest BCUT2D eigenvalue weighted by atomic mass is 16.2. The van der Waals surface area contributed by atoms with E-state index in [4.69, 9.17) is 0 Å². The second-order valence-electron chi connectivity index (χ2n) is 6.50. The van der Waals surface area contributed by atoms with Crippen LogP contribution in [0.3, 0.4) is 0 Å². The number of nitrogens with one attached hydrogen (secondary N) is 1. The Morgan fingerprint density at radius 3 is 2.57 bits per heavy atom. The molecule has 1 saturated carbocycles. The zero-order valence-electron chi connectivity index (χ0n) is 14.1. The number of carbonyl (C=O) groups is 1. The summed E-state index contributed by atoms with van der Waals surface area (Å²) in [6, 6.07) is 12.6. The number of nitrogens with zero attached hydrogens (tertiary/aromatic N) is 2. The number of amides is 1. The van der Waals surface area contributed by atoms with Gasteiger partial charge in [-0.15, -0.1) is 0 Å². The average Bonchev–Trinajstić information content (AvgIpc) is 2.56. The third-order valence-corrected chi connectivity index (χ3v) is 4.46. The highest BCUT2D eigenvalue weighted by Gasteiger charge is 2.33. The van der Waals surface area contributed by atoms with E-state index < -0.39 is 5.54 Å². The first kappa shape index (κ1) is 17.5. The summed E-state index contributed by atoms with van der Waals surface area (Å²) in [6.45, 7) is 4.11. The van der Waals surface area contributed by atoms with E-state index >= 15 is 0 Å². The van der Waals surface area contributed by atoms with E-state index in [2.05, 4.69) is 35.3 Å². The molecule has 1 aliphatic carbocycles. The molecule has 0 aromatic heterocycles. The van der Waals surface area contributed by atoms with Crippen LogP contribution in [-0.4, -0.2) is 29.4 Å². The van der Waals surface area contributed by atoms with Crippen molar-refractivity contribution >= 4 is 5.91 Å². The van der Waals surface area contributed by atoms with Crippen molar-refractivity contribution in [1.29, 1.82) is 5.26 Å². The van der Waals surface area contributed by atoms with Gasteiger partial charge in [-0.1, -0.05) is 56.5 Å². The molecule has 0 bridgehead atoms. The normalized spacial score (nSPS) is 16.7. The van der Waals surface area contributed by atoms with Crippen molar-refractivity contribution in [2.75, 3.05) is 13.1 Å². The van der Waals surface area contributed by atoms with Crippen LogP contribution in [0, 0.1) is 11.3 Å². The molecule has 1 fully saturated rings. The van der Waals surface area contributed by atoms with Gasteiger partial charge in [0, 0.05) is 6.54 Å². The second-order valence-corrected chi connectivity index (χ2v) is 6.50. The molecule has 23 heavy (non-hydrogen) atoms. The molecule has 0 saturated heterocycles. The van der Waals surface area contributed by atoms with Gasteiger partial charge < -0.3 is 5.32 Å². The van der Waals surface area contributed by atoms with Crippen molar-refractivity contribution in [1.82, 2.24) is 10.2 Å². The fraction of sp³-hybridized carbons (Fsp3) is 0.579. The molecule has 1 amide bonds. The summed E-state index contributed by atoms with van der Waals surface area (Å²) >= 11 is 0. The molecule has 1 aromatic carbocycles. The molecule has 0 heterocycles. The van der Waals surface area contributed by atoms with E-state index in [9.17, 15) is 10.1 Å². The van der Waals surface area contributed by atoms with Gasteiger partial charge in [0.15, 0.2) is 0 Å². The first-order valence-electron chi connectivity index (χ1n) is 8.66. The SMILES string of the molecule is CCCN(CC(=O)NC1(C#N)CCCCC1)Cc1ccccc1. The highest BCUT2D eigenvalue weighted by Crippen LogP contribution is 2.27. The minimum Gasteiger partial charge on any atom is -0.337 e. The van der Waals surface area contributed by atoms with Crippen molar-refractivity contribution < 1.29 is 4.79 Å². The molecule has 4 heteroatoms. The van der Waals surface area contributed by atoms with Gasteiger partial charge in [-0.05, 0) is 31.4 Å². The third-order valence-electron chi connectivity index (χ3n) is 4.46. The summed E-state index contributed by atoms with van der Waals surface area (Å²) in [5, 5.41) is 12.5. The Balaban J connectivity index is 1.93. The van der Waals surface area contributed by atoms with E-state index in [0.717, 1.165) is 51.6 Å². The molecule has 1 aliphatic rings. The van der Waals surface area contributed by atoms with Gasteiger partial charge in [0.25, 0.3) is 0 Å². The number of carbonyl (C=O) groups excluding carboxylic acids is 1. The van der Waals surface area contributed by atoms with E-state index in [1.54, 1.807) is 0 Å². The van der Waals surface area contributed by atoms with Crippen LogP contribution in [0.5, 0.6) is 0 Å². The lowest BCUT2D eigenvalue weighted by molar-refractivity contribution is -0.124. The first-order chi connectivity index (χ1) is 11.2. The predicted molar refractivity (Wildman–Crippen MR) is 91.6 cm³/mol. The molecule has 0 aliphatic heterocycles. The molecule has 2 rings (SSSR count). The van der Waals surface area contributed by atoms with Crippen LogP contribution in [-0.2, 0) is 11.3 Å². The zero-order valence-corrected chi connectivity index (χ0v) is 14.1. The van der Waals surface area contributed by atoms with Crippen LogP contribution in [0.4, 0.5) is 0 Å². The lowest BCUT2D eigenvalue weighted by Gasteiger charge is -2.32. The summed E-state index contributed by atoms with van der Waals surface area (Å²) in [4.78, 5) is 14.6. The quantitative estimate of drug-likeness (QED) is 0.840. The summed E-state index contributed by atoms with van der Waals surface area (Å²) in [5.74, 6) is -0.0298. The molecule has 0 spiro atoms. The van der Waals surface area contributed by atoms with Crippen LogP contribution in [0.25, 0.3) is 0 Å². The number of benzene rings is 1. The lowest BCUT2D eigenvalue weighted by Crippen LogP contribution is -2.51. The Morgan fingerprint density at radius 2 is 1.96 bits per heavy atom. The number of hydrogen-bond acceptors (Lipinski definition) is 3. The summed E-state index contributed by atoms with van der Waals surface area (Å²) in [6.07, 6.45) is 5.77. The van der Waals surface area contributed by atoms with Crippen molar-refractivity contribution in [3.05, 3.63) is 35.9 Å². The van der Waals surface area contributed by atoms with Crippen molar-refractivity contribution in [3.63, 3.8) is 0 Å². The predicted octanol–water partition coefficient (Wildman–Crippen LogP) is 3.24. The Kier molecular flexibility index (Phi) is 6.61. The summed E-state index contributed by atoms with van der Waals surface area (Å²) < 4.78 is 0. The maximum atomic E-state index is 12.4. The molecular formula is C19H27N3O. The Bertz CT molecular complexity index is 529. The zero-order chi connectivity index (χ0) is 16.5. The van der Waals surface area contributed by atoms with Crippen molar-refractivity contribution in [3.8, 4) is 6.07 Å². The van der Waals surface area contributed by atoms with E-state index in [0.29, 0.717) is 6.54 Å². The van der Waals surface area contributed by atoms with Gasteiger partial charge in [0.2, 0.25) is 5.91 Å². The van der Waals surface area contributed by atoms with Gasteiger partial charge in [-0.25, -0.2) is 0 Å². The van der Waals surface area contributed by atoms with E-state index in [1.807, 2.05) is 18.2 Å². The molecule has 0 radical (unpaired) electrons. The smallest absolute Gasteiger partial charge is 0.235 e. The van der Waals surface area contributed by atoms with Crippen LogP contribution < -0.4 is 5.32 Å². The minimum absolute atomic E-state index is 0.0298. The van der Waals surface area contributed by atoms with Crippen LogP contribution >= 0.6 is 0 Å². The molecule has 1 N–H and O–H groups in total. The largest absolute Gasteiger partial charge is 0.337 e. The van der Waals surface area contributed by atoms with Gasteiger partial charge >= 0.3 is 0 Å². The van der Waals surface area contributed by atoms with Crippen LogP contribution in [0.2, 0.25) is 0 Å². The van der Waals surface area contributed by atoms with E-state index in [1.165, 1.54) is 5.56 Å². The van der Waals surface area contributed by atoms with Gasteiger partial charge in [0.05, 0.1) is 12.6 Å². The standard InChI is InChI=1S/C19H27N3O/c1-2-13-22(14-17-9-5-3-6-10-17)15-18(23)21-19(16-20)11-7-4-8-12-19/h3,5-6,9-10H,2,4,7-8,11-15H2,1H3,(H,21,23). The summed E-state index contributed by atoms with van der Waals surface area (Å²) in [5.41, 5.74) is 0.571. The van der Waals surface area contributed by atoms with E-state index in [-0.39, 0.29) is 5.91 Å². The maximum Gasteiger partial charge on any atom is 0.235 e. The molecule has 1 aromatic rings. The Hall–Kier alpha value is -1.86. The molecule has 124 valence electrons. The average molecular weight is 313 g/mol. The molecule has 0 atom stereocenters. The Morgan fingerprint density at radius 1 is 1.26 bits per heavy atom. The fourth-order valence-electron chi connectivity index (χ4n) is 3.30. The molecule has 4 nitrogen and oxygen atoms in total. The van der Waals surface area contributed by atoms with Gasteiger partial charge in [0.1, 0.15) is 5.54 Å².